The minimum absolute atomic E-state index is 0.105. The van der Waals surface area contributed by atoms with Crippen molar-refractivity contribution < 1.29 is 9.90 Å². The summed E-state index contributed by atoms with van der Waals surface area (Å²) in [6.45, 7) is 3.83. The van der Waals surface area contributed by atoms with E-state index in [1.807, 2.05) is 0 Å². The van der Waals surface area contributed by atoms with Gasteiger partial charge in [0.15, 0.2) is 0 Å². The van der Waals surface area contributed by atoms with Crippen LogP contribution in [0.2, 0.25) is 0 Å². The molecule has 0 spiro atoms. The van der Waals surface area contributed by atoms with E-state index < -0.39 is 0 Å². The molecule has 0 saturated carbocycles. The van der Waals surface area contributed by atoms with Crippen LogP contribution < -0.4 is 0 Å². The zero-order valence-corrected chi connectivity index (χ0v) is 15.1. The van der Waals surface area contributed by atoms with Crippen molar-refractivity contribution in [3.63, 3.8) is 0 Å². The molecule has 1 amide bonds. The molecule has 4 heteroatoms. The van der Waals surface area contributed by atoms with E-state index in [9.17, 15) is 9.90 Å². The first kappa shape index (κ1) is 17.0. The number of hydrogen-bond donors (Lipinski definition) is 1. The number of nitrogens with zero attached hydrogens (tertiary/aromatic N) is 2. The standard InChI is InChI=1S/C21H30N2O2/c24-20-9-13-22(14-10-20)19-7-11-23(12-8-19)21(25)18-6-5-16-3-1-2-4-17(16)15-18/h1-4,18-20,24H,5-15H2/t18-/m0/s1. The number of likely N-dealkylation sites (tertiary alicyclic amines) is 2. The summed E-state index contributed by atoms with van der Waals surface area (Å²) in [4.78, 5) is 17.6. The van der Waals surface area contributed by atoms with Crippen LogP contribution in [0.15, 0.2) is 24.3 Å². The topological polar surface area (TPSA) is 43.8 Å². The number of aliphatic hydroxyl groups is 1. The first-order valence-corrected chi connectivity index (χ1v) is 9.98. The van der Waals surface area contributed by atoms with Crippen molar-refractivity contribution in [3.8, 4) is 0 Å². The van der Waals surface area contributed by atoms with Gasteiger partial charge in [-0.25, -0.2) is 0 Å². The maximum absolute atomic E-state index is 13.0. The minimum Gasteiger partial charge on any atom is -0.393 e. The Morgan fingerprint density at radius 2 is 1.60 bits per heavy atom. The summed E-state index contributed by atoms with van der Waals surface area (Å²) < 4.78 is 0. The molecule has 2 fully saturated rings. The Hall–Kier alpha value is -1.39. The minimum atomic E-state index is -0.105. The molecule has 1 N–H and O–H groups in total. The summed E-state index contributed by atoms with van der Waals surface area (Å²) >= 11 is 0. The van der Waals surface area contributed by atoms with Crippen LogP contribution in [0.1, 0.15) is 43.2 Å². The van der Waals surface area contributed by atoms with Gasteiger partial charge in [-0.15, -0.1) is 0 Å². The molecule has 0 aromatic heterocycles. The lowest BCUT2D eigenvalue weighted by Gasteiger charge is -2.42. The zero-order chi connectivity index (χ0) is 17.2. The van der Waals surface area contributed by atoms with E-state index >= 15 is 0 Å². The maximum atomic E-state index is 13.0. The molecule has 1 aliphatic carbocycles. The van der Waals surface area contributed by atoms with Gasteiger partial charge in [-0.3, -0.25) is 4.79 Å². The molecule has 25 heavy (non-hydrogen) atoms. The van der Waals surface area contributed by atoms with Crippen LogP contribution in [-0.2, 0) is 17.6 Å². The van der Waals surface area contributed by atoms with Crippen molar-refractivity contribution in [3.05, 3.63) is 35.4 Å². The highest BCUT2D eigenvalue weighted by Crippen LogP contribution is 2.28. The molecule has 0 radical (unpaired) electrons. The number of carbonyl (C=O) groups excluding carboxylic acids is 1. The van der Waals surface area contributed by atoms with Gasteiger partial charge in [0.25, 0.3) is 0 Å². The average molecular weight is 342 g/mol. The van der Waals surface area contributed by atoms with Gasteiger partial charge in [0, 0.05) is 38.1 Å². The monoisotopic (exact) mass is 342 g/mol. The Bertz CT molecular complexity index is 602. The molecular weight excluding hydrogens is 312 g/mol. The Morgan fingerprint density at radius 1 is 0.920 bits per heavy atom. The van der Waals surface area contributed by atoms with Crippen LogP contribution in [0.5, 0.6) is 0 Å². The zero-order valence-electron chi connectivity index (χ0n) is 15.1. The Labute approximate surface area is 150 Å². The molecule has 3 aliphatic rings. The first-order valence-electron chi connectivity index (χ1n) is 9.98. The lowest BCUT2D eigenvalue weighted by Crippen LogP contribution is -2.50. The molecule has 4 nitrogen and oxygen atoms in total. The van der Waals surface area contributed by atoms with Crippen molar-refractivity contribution in [2.45, 2.75) is 57.1 Å². The molecule has 1 aromatic rings. The predicted molar refractivity (Wildman–Crippen MR) is 98.4 cm³/mol. The lowest BCUT2D eigenvalue weighted by molar-refractivity contribution is -0.137. The Kier molecular flexibility index (Phi) is 5.09. The molecule has 1 aromatic carbocycles. The Balaban J connectivity index is 1.30. The summed E-state index contributed by atoms with van der Waals surface area (Å²) in [5, 5.41) is 9.67. The Morgan fingerprint density at radius 3 is 2.32 bits per heavy atom. The number of rotatable bonds is 2. The van der Waals surface area contributed by atoms with Crippen molar-refractivity contribution in [1.82, 2.24) is 9.80 Å². The van der Waals surface area contributed by atoms with Gasteiger partial charge >= 0.3 is 0 Å². The third kappa shape index (κ3) is 3.75. The number of aryl methyl sites for hydroxylation is 1. The van der Waals surface area contributed by atoms with E-state index in [4.69, 9.17) is 0 Å². The van der Waals surface area contributed by atoms with E-state index in [0.29, 0.717) is 11.9 Å². The van der Waals surface area contributed by atoms with Gasteiger partial charge in [-0.1, -0.05) is 24.3 Å². The van der Waals surface area contributed by atoms with Gasteiger partial charge < -0.3 is 14.9 Å². The van der Waals surface area contributed by atoms with E-state index in [2.05, 4.69) is 34.1 Å². The summed E-state index contributed by atoms with van der Waals surface area (Å²) in [5.41, 5.74) is 2.80. The van der Waals surface area contributed by atoms with Crippen LogP contribution in [0, 0.1) is 5.92 Å². The normalized spacial score (nSPS) is 26.4. The second-order valence-electron chi connectivity index (χ2n) is 8.03. The SMILES string of the molecule is O=C([C@H]1CCc2ccccc2C1)N1CCC(N2CCC(O)CC2)CC1. The number of amides is 1. The lowest BCUT2D eigenvalue weighted by atomic mass is 9.83. The van der Waals surface area contributed by atoms with Crippen molar-refractivity contribution in [1.29, 1.82) is 0 Å². The summed E-state index contributed by atoms with van der Waals surface area (Å²) in [6, 6.07) is 9.18. The smallest absolute Gasteiger partial charge is 0.226 e. The fourth-order valence-corrected chi connectivity index (χ4v) is 4.87. The number of hydrogen-bond acceptors (Lipinski definition) is 3. The van der Waals surface area contributed by atoms with E-state index in [-0.39, 0.29) is 12.0 Å². The number of carbonyl (C=O) groups is 1. The van der Waals surface area contributed by atoms with Crippen LogP contribution in [0.3, 0.4) is 0 Å². The van der Waals surface area contributed by atoms with Crippen molar-refractivity contribution >= 4 is 5.91 Å². The van der Waals surface area contributed by atoms with Crippen LogP contribution in [0.25, 0.3) is 0 Å². The van der Waals surface area contributed by atoms with Gasteiger partial charge in [0.05, 0.1) is 6.10 Å². The van der Waals surface area contributed by atoms with Crippen LogP contribution >= 0.6 is 0 Å². The summed E-state index contributed by atoms with van der Waals surface area (Å²) in [7, 11) is 0. The first-order chi connectivity index (χ1) is 12.2. The fraction of sp³-hybridized carbons (Fsp3) is 0.667. The fourth-order valence-electron chi connectivity index (χ4n) is 4.87. The molecule has 0 unspecified atom stereocenters. The molecule has 1 atom stereocenters. The van der Waals surface area contributed by atoms with E-state index in [0.717, 1.165) is 71.1 Å². The van der Waals surface area contributed by atoms with Gasteiger partial charge in [-0.05, 0) is 56.1 Å². The maximum Gasteiger partial charge on any atom is 0.226 e. The van der Waals surface area contributed by atoms with Gasteiger partial charge in [0.2, 0.25) is 5.91 Å². The largest absolute Gasteiger partial charge is 0.393 e. The molecule has 2 aliphatic heterocycles. The average Bonchev–Trinajstić information content (AvgIpc) is 2.68. The third-order valence-electron chi connectivity index (χ3n) is 6.49. The highest BCUT2D eigenvalue weighted by Gasteiger charge is 2.33. The molecule has 136 valence electrons. The summed E-state index contributed by atoms with van der Waals surface area (Å²) in [5.74, 6) is 0.554. The number of benzene rings is 1. The predicted octanol–water partition coefficient (Wildman–Crippen LogP) is 2.24. The molecule has 2 saturated heterocycles. The van der Waals surface area contributed by atoms with Crippen molar-refractivity contribution in [2.24, 2.45) is 5.92 Å². The number of fused-ring (bicyclic) bond motifs is 1. The van der Waals surface area contributed by atoms with Crippen LogP contribution in [-0.4, -0.2) is 59.1 Å². The highest BCUT2D eigenvalue weighted by molar-refractivity contribution is 5.79. The quantitative estimate of drug-likeness (QED) is 0.896. The highest BCUT2D eigenvalue weighted by atomic mass is 16.3. The van der Waals surface area contributed by atoms with Gasteiger partial charge in [-0.2, -0.15) is 0 Å². The van der Waals surface area contributed by atoms with Crippen molar-refractivity contribution in [2.75, 3.05) is 26.2 Å². The molecular formula is C21H30N2O2. The van der Waals surface area contributed by atoms with E-state index in [1.54, 1.807) is 0 Å². The molecule has 4 rings (SSSR count). The molecule has 2 heterocycles. The van der Waals surface area contributed by atoms with Crippen LogP contribution in [0.4, 0.5) is 0 Å². The van der Waals surface area contributed by atoms with Gasteiger partial charge in [0.1, 0.15) is 0 Å². The number of piperidine rings is 2. The second-order valence-corrected chi connectivity index (χ2v) is 8.03. The summed E-state index contributed by atoms with van der Waals surface area (Å²) in [6.07, 6.45) is 6.84. The van der Waals surface area contributed by atoms with E-state index in [1.165, 1.54) is 11.1 Å². The third-order valence-corrected chi connectivity index (χ3v) is 6.49. The number of aliphatic hydroxyl groups excluding tert-OH is 1. The molecule has 0 bridgehead atoms. The second kappa shape index (κ2) is 7.46.